The summed E-state index contributed by atoms with van der Waals surface area (Å²) in [5.74, 6) is -1.03. The first-order valence-electron chi connectivity index (χ1n) is 5.35. The Morgan fingerprint density at radius 2 is 1.67 bits per heavy atom. The molecule has 7 nitrogen and oxygen atoms in total. The smallest absolute Gasteiger partial charge is 0.348 e. The summed E-state index contributed by atoms with van der Waals surface area (Å²) in [5, 5.41) is 0. The van der Waals surface area contributed by atoms with Crippen molar-refractivity contribution in [2.45, 2.75) is 26.4 Å². The molecule has 0 spiro atoms. The van der Waals surface area contributed by atoms with Crippen LogP contribution in [0.2, 0.25) is 0 Å². The highest BCUT2D eigenvalue weighted by atomic mass is 16.6. The molecule has 0 fully saturated rings. The molecule has 0 amide bonds. The summed E-state index contributed by atoms with van der Waals surface area (Å²) in [5.41, 5.74) is 3.20. The second kappa shape index (κ2) is 4.32. The van der Waals surface area contributed by atoms with Gasteiger partial charge in [0.2, 0.25) is 0 Å². The number of esters is 1. The molecule has 7 heteroatoms. The van der Waals surface area contributed by atoms with E-state index in [4.69, 9.17) is 10.5 Å². The van der Waals surface area contributed by atoms with Crippen molar-refractivity contribution in [2.24, 2.45) is 14.1 Å². The van der Waals surface area contributed by atoms with E-state index in [0.717, 1.165) is 9.13 Å². The molecule has 1 rings (SSSR count). The lowest BCUT2D eigenvalue weighted by molar-refractivity contribution is 0.00672. The summed E-state index contributed by atoms with van der Waals surface area (Å²) >= 11 is 0. The molecule has 0 radical (unpaired) electrons. The van der Waals surface area contributed by atoms with Crippen molar-refractivity contribution in [3.8, 4) is 0 Å². The predicted molar refractivity (Wildman–Crippen MR) is 66.5 cm³/mol. The molecular formula is C11H17N3O4. The van der Waals surface area contributed by atoms with E-state index < -0.39 is 22.8 Å². The van der Waals surface area contributed by atoms with Gasteiger partial charge in [0.1, 0.15) is 11.4 Å². The average Bonchev–Trinajstić information content (AvgIpc) is 2.21. The summed E-state index contributed by atoms with van der Waals surface area (Å²) in [6, 6.07) is 0. The van der Waals surface area contributed by atoms with Crippen LogP contribution in [0.5, 0.6) is 0 Å². The van der Waals surface area contributed by atoms with Gasteiger partial charge in [-0.25, -0.2) is 9.59 Å². The van der Waals surface area contributed by atoms with Gasteiger partial charge in [-0.3, -0.25) is 13.9 Å². The third-order valence-corrected chi connectivity index (χ3v) is 2.31. The number of ether oxygens (including phenoxy) is 1. The summed E-state index contributed by atoms with van der Waals surface area (Å²) in [6.45, 7) is 5.02. The molecule has 0 unspecified atom stereocenters. The highest BCUT2D eigenvalue weighted by Gasteiger charge is 2.25. The molecule has 2 N–H and O–H groups in total. The fraction of sp³-hybridized carbons (Fsp3) is 0.545. The Morgan fingerprint density at radius 3 is 2.11 bits per heavy atom. The van der Waals surface area contributed by atoms with Gasteiger partial charge in [0, 0.05) is 14.1 Å². The quantitative estimate of drug-likeness (QED) is 0.690. The van der Waals surface area contributed by atoms with Crippen molar-refractivity contribution in [3.05, 3.63) is 26.4 Å². The molecule has 0 aliphatic carbocycles. The summed E-state index contributed by atoms with van der Waals surface area (Å²) < 4.78 is 6.93. The Kier molecular flexibility index (Phi) is 3.36. The van der Waals surface area contributed by atoms with Gasteiger partial charge in [-0.2, -0.15) is 0 Å². The summed E-state index contributed by atoms with van der Waals surface area (Å²) in [4.78, 5) is 35.3. The van der Waals surface area contributed by atoms with E-state index in [2.05, 4.69) is 0 Å². The summed E-state index contributed by atoms with van der Waals surface area (Å²) in [7, 11) is 2.66. The Balaban J connectivity index is 3.48. The zero-order valence-electron chi connectivity index (χ0n) is 11.1. The second-order valence-corrected chi connectivity index (χ2v) is 4.97. The number of carbonyl (C=O) groups is 1. The fourth-order valence-corrected chi connectivity index (χ4v) is 1.38. The first-order chi connectivity index (χ1) is 8.06. The lowest BCUT2D eigenvalue weighted by Gasteiger charge is -2.20. The normalized spacial score (nSPS) is 11.4. The molecule has 0 saturated heterocycles. The number of nitrogens with two attached hydrogens (primary N) is 1. The van der Waals surface area contributed by atoms with Crippen molar-refractivity contribution in [1.82, 2.24) is 9.13 Å². The van der Waals surface area contributed by atoms with E-state index in [1.54, 1.807) is 20.8 Å². The number of nitrogens with zero attached hydrogens (tertiary/aromatic N) is 2. The minimum absolute atomic E-state index is 0.197. The van der Waals surface area contributed by atoms with Crippen molar-refractivity contribution in [1.29, 1.82) is 0 Å². The number of nitrogen functional groups attached to an aromatic ring is 1. The SMILES string of the molecule is Cn1c(N)c(C(=O)OC(C)(C)C)c(=O)n(C)c1=O. The molecule has 0 saturated carbocycles. The van der Waals surface area contributed by atoms with Gasteiger partial charge in [-0.1, -0.05) is 0 Å². The van der Waals surface area contributed by atoms with E-state index >= 15 is 0 Å². The van der Waals surface area contributed by atoms with Crippen LogP contribution in [0.25, 0.3) is 0 Å². The van der Waals surface area contributed by atoms with Crippen LogP contribution in [0.1, 0.15) is 31.1 Å². The van der Waals surface area contributed by atoms with E-state index in [1.807, 2.05) is 0 Å². The van der Waals surface area contributed by atoms with Gasteiger partial charge >= 0.3 is 11.7 Å². The van der Waals surface area contributed by atoms with Crippen LogP contribution in [0.4, 0.5) is 5.82 Å². The van der Waals surface area contributed by atoms with Crippen LogP contribution in [0.3, 0.4) is 0 Å². The first kappa shape index (κ1) is 14.0. The molecule has 0 aromatic carbocycles. The maximum atomic E-state index is 11.9. The number of aromatic nitrogens is 2. The molecule has 1 aromatic heterocycles. The Labute approximate surface area is 104 Å². The first-order valence-corrected chi connectivity index (χ1v) is 5.35. The third kappa shape index (κ3) is 2.44. The van der Waals surface area contributed by atoms with Gasteiger partial charge in [0.05, 0.1) is 0 Å². The number of hydrogen-bond acceptors (Lipinski definition) is 5. The van der Waals surface area contributed by atoms with E-state index in [0.29, 0.717) is 0 Å². The number of rotatable bonds is 1. The molecule has 0 aliphatic rings. The Morgan fingerprint density at radius 1 is 1.17 bits per heavy atom. The topological polar surface area (TPSA) is 96.3 Å². The largest absolute Gasteiger partial charge is 0.456 e. The van der Waals surface area contributed by atoms with Crippen LogP contribution in [0.15, 0.2) is 9.59 Å². The van der Waals surface area contributed by atoms with E-state index in [9.17, 15) is 14.4 Å². The molecule has 1 aromatic rings. The van der Waals surface area contributed by atoms with Gasteiger partial charge < -0.3 is 10.5 Å². The maximum absolute atomic E-state index is 11.9. The lowest BCUT2D eigenvalue weighted by Crippen LogP contribution is -2.42. The lowest BCUT2D eigenvalue weighted by atomic mass is 10.2. The van der Waals surface area contributed by atoms with Crippen molar-refractivity contribution in [3.63, 3.8) is 0 Å². The standard InChI is InChI=1S/C11H17N3O4/c1-11(2,3)18-9(16)6-7(12)13(4)10(17)14(5)8(6)15/h12H2,1-5H3. The van der Waals surface area contributed by atoms with E-state index in [1.165, 1.54) is 14.1 Å². The predicted octanol–water partition coefficient (Wildman–Crippen LogP) is -0.378. The Bertz CT molecular complexity index is 604. The number of carbonyl (C=O) groups excluding carboxylic acids is 1. The van der Waals surface area contributed by atoms with Gasteiger partial charge in [-0.15, -0.1) is 0 Å². The van der Waals surface area contributed by atoms with Crippen molar-refractivity contribution >= 4 is 11.8 Å². The number of hydrogen-bond donors (Lipinski definition) is 1. The monoisotopic (exact) mass is 255 g/mol. The van der Waals surface area contributed by atoms with Crippen LogP contribution >= 0.6 is 0 Å². The molecular weight excluding hydrogens is 238 g/mol. The van der Waals surface area contributed by atoms with Crippen LogP contribution in [-0.2, 0) is 18.8 Å². The zero-order chi connectivity index (χ0) is 14.2. The molecule has 1 heterocycles. The maximum Gasteiger partial charge on any atom is 0.348 e. The van der Waals surface area contributed by atoms with Gasteiger partial charge in [0.15, 0.2) is 5.56 Å². The van der Waals surface area contributed by atoms with Crippen LogP contribution in [0, 0.1) is 0 Å². The van der Waals surface area contributed by atoms with Gasteiger partial charge in [-0.05, 0) is 20.8 Å². The molecule has 100 valence electrons. The zero-order valence-corrected chi connectivity index (χ0v) is 11.1. The molecule has 0 aliphatic heterocycles. The molecule has 0 atom stereocenters. The second-order valence-electron chi connectivity index (χ2n) is 4.97. The molecule has 18 heavy (non-hydrogen) atoms. The third-order valence-electron chi connectivity index (χ3n) is 2.31. The van der Waals surface area contributed by atoms with Gasteiger partial charge in [0.25, 0.3) is 5.56 Å². The van der Waals surface area contributed by atoms with Crippen molar-refractivity contribution < 1.29 is 9.53 Å². The average molecular weight is 255 g/mol. The number of anilines is 1. The van der Waals surface area contributed by atoms with Crippen LogP contribution < -0.4 is 17.0 Å². The van der Waals surface area contributed by atoms with Crippen molar-refractivity contribution in [2.75, 3.05) is 5.73 Å². The Hall–Kier alpha value is -2.05. The highest BCUT2D eigenvalue weighted by Crippen LogP contribution is 2.12. The highest BCUT2D eigenvalue weighted by molar-refractivity contribution is 5.93. The minimum Gasteiger partial charge on any atom is -0.456 e. The molecule has 0 bridgehead atoms. The summed E-state index contributed by atoms with van der Waals surface area (Å²) in [6.07, 6.45) is 0. The fourth-order valence-electron chi connectivity index (χ4n) is 1.38. The minimum atomic E-state index is -0.837. The van der Waals surface area contributed by atoms with E-state index in [-0.39, 0.29) is 11.4 Å². The van der Waals surface area contributed by atoms with Crippen LogP contribution in [-0.4, -0.2) is 20.7 Å².